The molecule has 128 valence electrons. The van der Waals surface area contributed by atoms with Gasteiger partial charge in [0.15, 0.2) is 11.5 Å². The smallest absolute Gasteiger partial charge is 0.274 e. The average molecular weight is 406 g/mol. The Morgan fingerprint density at radius 2 is 1.68 bits per heavy atom. The molecule has 2 aromatic rings. The molecule has 1 aliphatic rings. The summed E-state index contributed by atoms with van der Waals surface area (Å²) in [6, 6.07) is 9.23. The molecule has 3 N–H and O–H groups in total. The summed E-state index contributed by atoms with van der Waals surface area (Å²) in [7, 11) is 0. The first-order valence-corrected chi connectivity index (χ1v) is 7.85. The number of amides is 2. The third-order valence-electron chi connectivity index (χ3n) is 3.37. The Kier molecular flexibility index (Phi) is 4.96. The number of hydrazone groups is 1. The summed E-state index contributed by atoms with van der Waals surface area (Å²) >= 11 is 3.39. The molecule has 0 spiro atoms. The zero-order chi connectivity index (χ0) is 17.8. The topological polar surface area (TPSA) is 109 Å². The molecule has 2 amide bonds. The number of carbonyl (C=O) groups excluding carboxylic acids is 2. The van der Waals surface area contributed by atoms with Crippen LogP contribution in [0.15, 0.2) is 46.0 Å². The lowest BCUT2D eigenvalue weighted by Crippen LogP contribution is -2.20. The molecule has 0 unspecified atom stereocenters. The summed E-state index contributed by atoms with van der Waals surface area (Å²) in [5.41, 5.74) is 5.16. The number of carbonyl (C=O) groups is 2. The fourth-order valence-electron chi connectivity index (χ4n) is 2.09. The Bertz CT molecular complexity index is 852. The molecule has 8 nitrogen and oxygen atoms in total. The lowest BCUT2D eigenvalue weighted by atomic mass is 10.1. The summed E-state index contributed by atoms with van der Waals surface area (Å²) in [4.78, 5) is 23.3. The number of ether oxygens (including phenoxy) is 2. The van der Waals surface area contributed by atoms with E-state index in [4.69, 9.17) is 14.7 Å². The van der Waals surface area contributed by atoms with Crippen LogP contribution in [0.3, 0.4) is 0 Å². The van der Waals surface area contributed by atoms with E-state index in [0.29, 0.717) is 22.6 Å². The van der Waals surface area contributed by atoms with Gasteiger partial charge in [-0.05, 0) is 52.3 Å². The highest BCUT2D eigenvalue weighted by atomic mass is 79.9. The summed E-state index contributed by atoms with van der Waals surface area (Å²) in [6.45, 7) is 0.170. The zero-order valence-corrected chi connectivity index (χ0v) is 14.2. The molecule has 3 rings (SSSR count). The van der Waals surface area contributed by atoms with Gasteiger partial charge in [0.1, 0.15) is 0 Å². The first kappa shape index (κ1) is 16.9. The lowest BCUT2D eigenvalue weighted by Gasteiger charge is -2.03. The molecule has 0 bridgehead atoms. The van der Waals surface area contributed by atoms with Crippen LogP contribution in [0.5, 0.6) is 11.5 Å². The minimum absolute atomic E-state index is 0.170. The SMILES string of the molecule is O=C(NO)c1ccc(C(=O)NN=Cc2cc3c(cc2Br)OCO3)cc1. The van der Waals surface area contributed by atoms with E-state index in [1.807, 2.05) is 0 Å². The molecule has 1 heterocycles. The highest BCUT2D eigenvalue weighted by molar-refractivity contribution is 9.10. The van der Waals surface area contributed by atoms with Gasteiger partial charge in [0.05, 0.1) is 6.21 Å². The fourth-order valence-corrected chi connectivity index (χ4v) is 2.52. The van der Waals surface area contributed by atoms with Gasteiger partial charge in [-0.15, -0.1) is 0 Å². The van der Waals surface area contributed by atoms with Crippen molar-refractivity contribution >= 4 is 34.0 Å². The quantitative estimate of drug-likeness (QED) is 0.409. The number of benzene rings is 2. The Labute approximate surface area is 150 Å². The summed E-state index contributed by atoms with van der Waals surface area (Å²) in [6.07, 6.45) is 1.47. The largest absolute Gasteiger partial charge is 0.454 e. The number of halogens is 1. The van der Waals surface area contributed by atoms with Crippen LogP contribution < -0.4 is 20.4 Å². The van der Waals surface area contributed by atoms with Crippen LogP contribution in [-0.2, 0) is 0 Å². The Morgan fingerprint density at radius 3 is 2.32 bits per heavy atom. The predicted molar refractivity (Wildman–Crippen MR) is 91.0 cm³/mol. The van der Waals surface area contributed by atoms with Gasteiger partial charge in [0.2, 0.25) is 6.79 Å². The van der Waals surface area contributed by atoms with Crippen molar-refractivity contribution in [1.82, 2.24) is 10.9 Å². The Hall–Kier alpha value is -2.91. The van der Waals surface area contributed by atoms with Crippen molar-refractivity contribution in [2.45, 2.75) is 0 Å². The maximum atomic E-state index is 12.0. The lowest BCUT2D eigenvalue weighted by molar-refractivity contribution is 0.0706. The zero-order valence-electron chi connectivity index (χ0n) is 12.7. The van der Waals surface area contributed by atoms with E-state index in [-0.39, 0.29) is 12.4 Å². The van der Waals surface area contributed by atoms with Crippen molar-refractivity contribution in [2.24, 2.45) is 5.10 Å². The number of hydroxylamine groups is 1. The monoisotopic (exact) mass is 405 g/mol. The van der Waals surface area contributed by atoms with Crippen molar-refractivity contribution < 1.29 is 24.3 Å². The number of hydrogen-bond acceptors (Lipinski definition) is 6. The fraction of sp³-hybridized carbons (Fsp3) is 0.0625. The molecule has 0 aromatic heterocycles. The molecule has 2 aromatic carbocycles. The number of nitrogens with one attached hydrogen (secondary N) is 2. The van der Waals surface area contributed by atoms with E-state index in [2.05, 4.69) is 26.5 Å². The van der Waals surface area contributed by atoms with E-state index in [1.165, 1.54) is 36.0 Å². The van der Waals surface area contributed by atoms with Crippen molar-refractivity contribution in [3.63, 3.8) is 0 Å². The second-order valence-electron chi connectivity index (χ2n) is 4.94. The first-order chi connectivity index (χ1) is 12.1. The molecule has 0 saturated carbocycles. The van der Waals surface area contributed by atoms with Gasteiger partial charge in [0.25, 0.3) is 11.8 Å². The van der Waals surface area contributed by atoms with Crippen molar-refractivity contribution in [3.05, 3.63) is 57.6 Å². The third-order valence-corrected chi connectivity index (χ3v) is 4.06. The van der Waals surface area contributed by atoms with Gasteiger partial charge in [-0.1, -0.05) is 0 Å². The van der Waals surface area contributed by atoms with E-state index in [9.17, 15) is 9.59 Å². The van der Waals surface area contributed by atoms with Crippen LogP contribution in [0, 0.1) is 0 Å². The molecule has 0 aliphatic carbocycles. The van der Waals surface area contributed by atoms with Gasteiger partial charge in [-0.2, -0.15) is 5.10 Å². The van der Waals surface area contributed by atoms with Crippen molar-refractivity contribution in [2.75, 3.05) is 6.79 Å². The van der Waals surface area contributed by atoms with Crippen LogP contribution in [0.1, 0.15) is 26.3 Å². The molecule has 0 atom stereocenters. The van der Waals surface area contributed by atoms with Gasteiger partial charge in [0, 0.05) is 21.2 Å². The minimum Gasteiger partial charge on any atom is -0.454 e. The number of rotatable bonds is 4. The van der Waals surface area contributed by atoms with Crippen LogP contribution >= 0.6 is 15.9 Å². The molecule has 25 heavy (non-hydrogen) atoms. The highest BCUT2D eigenvalue weighted by Crippen LogP contribution is 2.36. The Balaban J connectivity index is 1.66. The summed E-state index contributed by atoms with van der Waals surface area (Å²) in [5, 5.41) is 12.5. The molecule has 0 fully saturated rings. The van der Waals surface area contributed by atoms with Crippen LogP contribution in [0.25, 0.3) is 0 Å². The highest BCUT2D eigenvalue weighted by Gasteiger charge is 2.15. The minimum atomic E-state index is -0.655. The van der Waals surface area contributed by atoms with E-state index in [0.717, 1.165) is 4.47 Å². The third kappa shape index (κ3) is 3.78. The molecule has 1 aliphatic heterocycles. The van der Waals surface area contributed by atoms with Gasteiger partial charge < -0.3 is 9.47 Å². The molecule has 0 radical (unpaired) electrons. The average Bonchev–Trinajstić information content (AvgIpc) is 3.08. The Morgan fingerprint density at radius 1 is 1.08 bits per heavy atom. The van der Waals surface area contributed by atoms with Gasteiger partial charge >= 0.3 is 0 Å². The molecule has 9 heteroatoms. The van der Waals surface area contributed by atoms with E-state index >= 15 is 0 Å². The maximum Gasteiger partial charge on any atom is 0.274 e. The second kappa shape index (κ2) is 7.32. The first-order valence-electron chi connectivity index (χ1n) is 7.05. The predicted octanol–water partition coefficient (Wildman–Crippen LogP) is 2.06. The molecular formula is C16H12BrN3O5. The van der Waals surface area contributed by atoms with Crippen LogP contribution in [-0.4, -0.2) is 30.0 Å². The van der Waals surface area contributed by atoms with Gasteiger partial charge in [-0.25, -0.2) is 10.9 Å². The van der Waals surface area contributed by atoms with E-state index in [1.54, 1.807) is 12.1 Å². The van der Waals surface area contributed by atoms with Crippen molar-refractivity contribution in [3.8, 4) is 11.5 Å². The van der Waals surface area contributed by atoms with Gasteiger partial charge in [-0.3, -0.25) is 14.8 Å². The van der Waals surface area contributed by atoms with Crippen molar-refractivity contribution in [1.29, 1.82) is 0 Å². The summed E-state index contributed by atoms with van der Waals surface area (Å²) in [5.74, 6) is 0.149. The molecule has 0 saturated heterocycles. The standard InChI is InChI=1S/C16H12BrN3O5/c17-12-6-14-13(24-8-25-14)5-11(12)7-18-19-15(21)9-1-3-10(4-2-9)16(22)20-23/h1-7,23H,8H2,(H,19,21)(H,20,22). The maximum absolute atomic E-state index is 12.0. The number of fused-ring (bicyclic) bond motifs is 1. The molecular weight excluding hydrogens is 394 g/mol. The van der Waals surface area contributed by atoms with Crippen LogP contribution in [0.4, 0.5) is 0 Å². The normalized spacial score (nSPS) is 12.2. The van der Waals surface area contributed by atoms with Crippen LogP contribution in [0.2, 0.25) is 0 Å². The second-order valence-corrected chi connectivity index (χ2v) is 5.80. The summed E-state index contributed by atoms with van der Waals surface area (Å²) < 4.78 is 11.3. The number of nitrogens with zero attached hydrogens (tertiary/aromatic N) is 1. The number of hydrogen-bond donors (Lipinski definition) is 3. The van der Waals surface area contributed by atoms with E-state index < -0.39 is 11.8 Å².